The Balaban J connectivity index is 1.39. The number of pyridine rings is 1. The second-order valence-electron chi connectivity index (χ2n) is 7.93. The lowest BCUT2D eigenvalue weighted by Gasteiger charge is -2.20. The Bertz CT molecular complexity index is 1480. The molecule has 3 heterocycles. The van der Waals surface area contributed by atoms with Gasteiger partial charge >= 0.3 is 0 Å². The van der Waals surface area contributed by atoms with Crippen LogP contribution >= 0.6 is 11.3 Å². The van der Waals surface area contributed by atoms with Gasteiger partial charge in [-0.2, -0.15) is 0 Å². The van der Waals surface area contributed by atoms with Crippen LogP contribution in [0.25, 0.3) is 20.2 Å². The van der Waals surface area contributed by atoms with Gasteiger partial charge in [0, 0.05) is 59.3 Å². The number of ether oxygens (including phenoxy) is 2. The SMILES string of the molecule is CN1C=CN(c2cc(Oc3cccc(Oc4ccccn4)c3)cc3c2sc2ccccc23)C1. The Morgan fingerprint density at radius 2 is 1.64 bits per heavy atom. The zero-order chi connectivity index (χ0) is 22.2. The maximum absolute atomic E-state index is 6.35. The molecule has 0 saturated carbocycles. The average molecular weight is 452 g/mol. The summed E-state index contributed by atoms with van der Waals surface area (Å²) in [6.45, 7) is 0.806. The summed E-state index contributed by atoms with van der Waals surface area (Å²) in [4.78, 5) is 8.64. The summed E-state index contributed by atoms with van der Waals surface area (Å²) >= 11 is 1.82. The molecule has 0 N–H and O–H groups in total. The summed E-state index contributed by atoms with van der Waals surface area (Å²) in [5, 5.41) is 2.44. The number of thiophene rings is 1. The lowest BCUT2D eigenvalue weighted by atomic mass is 10.1. The van der Waals surface area contributed by atoms with Crippen LogP contribution in [0.4, 0.5) is 5.69 Å². The monoisotopic (exact) mass is 451 g/mol. The number of nitrogens with zero attached hydrogens (tertiary/aromatic N) is 3. The first-order valence-corrected chi connectivity index (χ1v) is 11.5. The van der Waals surface area contributed by atoms with E-state index in [-0.39, 0.29) is 0 Å². The lowest BCUT2D eigenvalue weighted by Crippen LogP contribution is -2.21. The van der Waals surface area contributed by atoms with Gasteiger partial charge < -0.3 is 19.3 Å². The molecule has 0 amide bonds. The molecule has 1 aliphatic heterocycles. The van der Waals surface area contributed by atoms with Gasteiger partial charge in [0.25, 0.3) is 0 Å². The van der Waals surface area contributed by atoms with Crippen molar-refractivity contribution in [2.75, 3.05) is 18.6 Å². The Morgan fingerprint density at radius 3 is 2.45 bits per heavy atom. The van der Waals surface area contributed by atoms with E-state index in [1.165, 1.54) is 20.2 Å². The molecule has 0 atom stereocenters. The minimum Gasteiger partial charge on any atom is -0.457 e. The van der Waals surface area contributed by atoms with Crippen LogP contribution in [0.3, 0.4) is 0 Å². The maximum Gasteiger partial charge on any atom is 0.219 e. The summed E-state index contributed by atoms with van der Waals surface area (Å²) in [5.74, 6) is 2.73. The van der Waals surface area contributed by atoms with Gasteiger partial charge in [-0.05, 0) is 30.3 Å². The molecule has 1 aliphatic rings. The second-order valence-corrected chi connectivity index (χ2v) is 8.98. The van der Waals surface area contributed by atoms with Crippen LogP contribution in [0.5, 0.6) is 23.1 Å². The van der Waals surface area contributed by atoms with Crippen LogP contribution in [-0.2, 0) is 0 Å². The molecule has 0 saturated heterocycles. The average Bonchev–Trinajstić information content (AvgIpc) is 3.43. The minimum absolute atomic E-state index is 0.549. The van der Waals surface area contributed by atoms with E-state index in [4.69, 9.17) is 9.47 Å². The minimum atomic E-state index is 0.549. The first-order chi connectivity index (χ1) is 16.2. The molecule has 0 radical (unpaired) electrons. The molecule has 0 unspecified atom stereocenters. The fourth-order valence-electron chi connectivity index (χ4n) is 4.01. The molecule has 0 spiro atoms. The van der Waals surface area contributed by atoms with Gasteiger partial charge in [-0.25, -0.2) is 4.98 Å². The standard InChI is InChI=1S/C27H21N3O2S/c1-29-13-14-30(18-29)24-17-21(16-23-22-9-2-3-10-25(22)33-27(23)24)31-19-7-6-8-20(15-19)32-26-11-4-5-12-28-26/h2-17H,18H2,1H3. The highest BCUT2D eigenvalue weighted by Gasteiger charge is 2.18. The Kier molecular flexibility index (Phi) is 4.85. The summed E-state index contributed by atoms with van der Waals surface area (Å²) in [5.41, 5.74) is 1.14. The van der Waals surface area contributed by atoms with Gasteiger partial charge in [-0.1, -0.05) is 30.3 Å². The van der Waals surface area contributed by atoms with Gasteiger partial charge in [0.15, 0.2) is 0 Å². The fourth-order valence-corrected chi connectivity index (χ4v) is 5.22. The number of hydrogen-bond acceptors (Lipinski definition) is 6. The van der Waals surface area contributed by atoms with Crippen molar-refractivity contribution in [2.24, 2.45) is 0 Å². The van der Waals surface area contributed by atoms with E-state index in [1.807, 2.05) is 53.8 Å². The molecule has 162 valence electrons. The molecular formula is C27H21N3O2S. The molecule has 3 aromatic carbocycles. The van der Waals surface area contributed by atoms with Crippen LogP contribution in [0.15, 0.2) is 97.5 Å². The first-order valence-electron chi connectivity index (χ1n) is 10.7. The highest BCUT2D eigenvalue weighted by molar-refractivity contribution is 7.26. The predicted molar refractivity (Wildman–Crippen MR) is 134 cm³/mol. The number of fused-ring (bicyclic) bond motifs is 3. The summed E-state index contributed by atoms with van der Waals surface area (Å²) in [6, 6.07) is 26.0. The number of anilines is 1. The van der Waals surface area contributed by atoms with Crippen molar-refractivity contribution >= 4 is 37.2 Å². The van der Waals surface area contributed by atoms with E-state index >= 15 is 0 Å². The molecule has 2 aromatic heterocycles. The summed E-state index contributed by atoms with van der Waals surface area (Å²) in [7, 11) is 2.08. The number of hydrogen-bond donors (Lipinski definition) is 0. The van der Waals surface area contributed by atoms with E-state index in [9.17, 15) is 0 Å². The Morgan fingerprint density at radius 1 is 0.788 bits per heavy atom. The van der Waals surface area contributed by atoms with Gasteiger partial charge in [0.05, 0.1) is 17.1 Å². The molecule has 5 nitrogen and oxygen atoms in total. The van der Waals surface area contributed by atoms with E-state index < -0.39 is 0 Å². The topological polar surface area (TPSA) is 37.8 Å². The van der Waals surface area contributed by atoms with Gasteiger partial charge in [-0.15, -0.1) is 11.3 Å². The van der Waals surface area contributed by atoms with Crippen molar-refractivity contribution in [1.29, 1.82) is 0 Å². The zero-order valence-corrected chi connectivity index (χ0v) is 18.8. The molecule has 6 heteroatoms. The van der Waals surface area contributed by atoms with Crippen molar-refractivity contribution < 1.29 is 9.47 Å². The first kappa shape index (κ1) is 19.6. The molecule has 6 rings (SSSR count). The highest BCUT2D eigenvalue weighted by atomic mass is 32.1. The smallest absolute Gasteiger partial charge is 0.219 e. The highest BCUT2D eigenvalue weighted by Crippen LogP contribution is 2.43. The maximum atomic E-state index is 6.35. The van der Waals surface area contributed by atoms with Crippen LogP contribution in [-0.4, -0.2) is 23.6 Å². The van der Waals surface area contributed by atoms with E-state index in [1.54, 1.807) is 6.20 Å². The third kappa shape index (κ3) is 3.85. The Hall–Kier alpha value is -4.03. The van der Waals surface area contributed by atoms with E-state index in [0.29, 0.717) is 17.4 Å². The molecule has 0 fully saturated rings. The molecule has 5 aromatic rings. The zero-order valence-electron chi connectivity index (χ0n) is 18.0. The third-order valence-electron chi connectivity index (χ3n) is 5.52. The van der Waals surface area contributed by atoms with E-state index in [0.717, 1.165) is 18.1 Å². The normalized spacial score (nSPS) is 13.2. The van der Waals surface area contributed by atoms with Crippen molar-refractivity contribution in [3.63, 3.8) is 0 Å². The molecule has 0 bridgehead atoms. The van der Waals surface area contributed by atoms with Crippen molar-refractivity contribution in [2.45, 2.75) is 0 Å². The third-order valence-corrected chi connectivity index (χ3v) is 6.73. The van der Waals surface area contributed by atoms with Gasteiger partial charge in [0.2, 0.25) is 5.88 Å². The van der Waals surface area contributed by atoms with Gasteiger partial charge in [0.1, 0.15) is 17.2 Å². The molecule has 0 aliphatic carbocycles. The largest absolute Gasteiger partial charge is 0.457 e. The molecule has 33 heavy (non-hydrogen) atoms. The van der Waals surface area contributed by atoms with Crippen LogP contribution in [0, 0.1) is 0 Å². The van der Waals surface area contributed by atoms with Crippen molar-refractivity contribution in [3.05, 3.63) is 97.5 Å². The van der Waals surface area contributed by atoms with Crippen LogP contribution in [0.2, 0.25) is 0 Å². The summed E-state index contributed by atoms with van der Waals surface area (Å²) in [6.07, 6.45) is 5.91. The fraction of sp³-hybridized carbons (Fsp3) is 0.0741. The van der Waals surface area contributed by atoms with Crippen LogP contribution in [0.1, 0.15) is 0 Å². The van der Waals surface area contributed by atoms with Crippen molar-refractivity contribution in [3.8, 4) is 23.1 Å². The summed E-state index contributed by atoms with van der Waals surface area (Å²) < 4.78 is 14.8. The van der Waals surface area contributed by atoms with Gasteiger partial charge in [-0.3, -0.25) is 0 Å². The van der Waals surface area contributed by atoms with Crippen molar-refractivity contribution in [1.82, 2.24) is 9.88 Å². The van der Waals surface area contributed by atoms with Crippen LogP contribution < -0.4 is 14.4 Å². The Labute approximate surface area is 195 Å². The van der Waals surface area contributed by atoms with E-state index in [2.05, 4.69) is 70.6 Å². The quantitative estimate of drug-likeness (QED) is 0.282. The second kappa shape index (κ2) is 8.15. The number of benzene rings is 3. The number of aromatic nitrogens is 1. The number of rotatable bonds is 5. The lowest BCUT2D eigenvalue weighted by molar-refractivity contribution is 0.449. The molecular weight excluding hydrogens is 430 g/mol. The predicted octanol–water partition coefficient (Wildman–Crippen LogP) is 7.21.